The summed E-state index contributed by atoms with van der Waals surface area (Å²) in [6.45, 7) is -0.0230. The van der Waals surface area contributed by atoms with Gasteiger partial charge in [0.25, 0.3) is 0 Å². The van der Waals surface area contributed by atoms with E-state index in [0.717, 1.165) is 4.47 Å². The molecule has 1 aromatic carbocycles. The van der Waals surface area contributed by atoms with Crippen molar-refractivity contribution in [2.75, 3.05) is 6.61 Å². The maximum absolute atomic E-state index is 8.42. The van der Waals surface area contributed by atoms with Crippen molar-refractivity contribution in [3.05, 3.63) is 46.0 Å². The van der Waals surface area contributed by atoms with Crippen LogP contribution in [0.15, 0.2) is 41.0 Å². The minimum absolute atomic E-state index is 0.0230. The van der Waals surface area contributed by atoms with E-state index in [4.69, 9.17) is 26.3 Å². The molecule has 4 nitrogen and oxygen atoms in total. The van der Waals surface area contributed by atoms with E-state index >= 15 is 0 Å². The topological polar surface area (TPSA) is 55.1 Å². The third-order valence-electron chi connectivity index (χ3n) is 2.12. The lowest BCUT2D eigenvalue weighted by atomic mass is 10.3. The third kappa shape index (κ3) is 3.85. The minimum Gasteiger partial charge on any atom is -0.479 e. The number of hydrogen-bond donors (Lipinski definition) is 0. The summed E-state index contributed by atoms with van der Waals surface area (Å²) in [7, 11) is 0. The van der Waals surface area contributed by atoms with Crippen LogP contribution in [0.5, 0.6) is 17.4 Å². The van der Waals surface area contributed by atoms with Gasteiger partial charge in [-0.2, -0.15) is 5.26 Å². The molecule has 0 saturated carbocycles. The zero-order valence-electron chi connectivity index (χ0n) is 9.64. The second kappa shape index (κ2) is 6.41. The highest BCUT2D eigenvalue weighted by Crippen LogP contribution is 2.31. The Morgan fingerprint density at radius 1 is 1.32 bits per heavy atom. The summed E-state index contributed by atoms with van der Waals surface area (Å²) in [6.07, 6.45) is 1.63. The predicted molar refractivity (Wildman–Crippen MR) is 74.6 cm³/mol. The summed E-state index contributed by atoms with van der Waals surface area (Å²) in [5.41, 5.74) is 0. The van der Waals surface area contributed by atoms with E-state index in [1.165, 1.54) is 0 Å². The molecule has 19 heavy (non-hydrogen) atoms. The Hall–Kier alpha value is -1.77. The van der Waals surface area contributed by atoms with Crippen LogP contribution in [-0.2, 0) is 0 Å². The van der Waals surface area contributed by atoms with E-state index in [1.807, 2.05) is 12.1 Å². The van der Waals surface area contributed by atoms with E-state index in [9.17, 15) is 0 Å². The lowest BCUT2D eigenvalue weighted by molar-refractivity contribution is 0.367. The molecule has 0 aliphatic heterocycles. The van der Waals surface area contributed by atoms with Gasteiger partial charge in [-0.15, -0.1) is 0 Å². The first-order valence-corrected chi connectivity index (χ1v) is 6.45. The Morgan fingerprint density at radius 2 is 2.16 bits per heavy atom. The van der Waals surface area contributed by atoms with Crippen LogP contribution in [0.4, 0.5) is 0 Å². The molecule has 0 aliphatic rings. The van der Waals surface area contributed by atoms with Gasteiger partial charge in [0.1, 0.15) is 17.6 Å². The molecule has 0 atom stereocenters. The van der Waals surface area contributed by atoms with Crippen LogP contribution in [0.2, 0.25) is 5.02 Å². The molecule has 0 radical (unpaired) electrons. The van der Waals surface area contributed by atoms with Gasteiger partial charge in [0, 0.05) is 22.8 Å². The van der Waals surface area contributed by atoms with Crippen molar-refractivity contribution in [1.29, 1.82) is 5.26 Å². The number of aromatic nitrogens is 1. The standard InChI is InChI=1S/C13H8BrClN2O2/c14-9-1-4-13(17-8-9)19-12-3-2-10(7-11(12)15)18-6-5-16/h1-4,7-8H,6H2. The van der Waals surface area contributed by atoms with E-state index < -0.39 is 0 Å². The Kier molecular flexibility index (Phi) is 4.61. The number of pyridine rings is 1. The van der Waals surface area contributed by atoms with Crippen molar-refractivity contribution in [3.63, 3.8) is 0 Å². The molecule has 96 valence electrons. The number of halogens is 2. The lowest BCUT2D eigenvalue weighted by Crippen LogP contribution is -1.94. The van der Waals surface area contributed by atoms with Crippen molar-refractivity contribution >= 4 is 27.5 Å². The van der Waals surface area contributed by atoms with Gasteiger partial charge in [-0.25, -0.2) is 4.98 Å². The highest BCUT2D eigenvalue weighted by atomic mass is 79.9. The van der Waals surface area contributed by atoms with Gasteiger partial charge in [-0.3, -0.25) is 0 Å². The first-order valence-electron chi connectivity index (χ1n) is 5.28. The molecule has 1 heterocycles. The van der Waals surface area contributed by atoms with Crippen LogP contribution in [-0.4, -0.2) is 11.6 Å². The third-order valence-corrected chi connectivity index (χ3v) is 2.89. The summed E-state index contributed by atoms with van der Waals surface area (Å²) in [5.74, 6) is 1.43. The molecule has 0 N–H and O–H groups in total. The van der Waals surface area contributed by atoms with Gasteiger partial charge in [0.05, 0.1) is 5.02 Å². The molecule has 0 aliphatic carbocycles. The molecule has 0 fully saturated rings. The lowest BCUT2D eigenvalue weighted by Gasteiger charge is -2.08. The van der Waals surface area contributed by atoms with Crippen LogP contribution in [0, 0.1) is 11.3 Å². The molecule has 0 amide bonds. The fourth-order valence-electron chi connectivity index (χ4n) is 1.31. The van der Waals surface area contributed by atoms with E-state index in [0.29, 0.717) is 22.4 Å². The number of benzene rings is 1. The zero-order chi connectivity index (χ0) is 13.7. The first kappa shape index (κ1) is 13.7. The summed E-state index contributed by atoms with van der Waals surface area (Å²) < 4.78 is 11.5. The molecular weight excluding hydrogens is 332 g/mol. The van der Waals surface area contributed by atoms with Gasteiger partial charge >= 0.3 is 0 Å². The molecule has 2 rings (SSSR count). The molecule has 6 heteroatoms. The molecule has 0 saturated heterocycles. The quantitative estimate of drug-likeness (QED) is 0.838. The smallest absolute Gasteiger partial charge is 0.219 e. The molecule has 2 aromatic rings. The first-order chi connectivity index (χ1) is 9.19. The fraction of sp³-hybridized carbons (Fsp3) is 0.0769. The van der Waals surface area contributed by atoms with E-state index in [-0.39, 0.29) is 6.61 Å². The van der Waals surface area contributed by atoms with Crippen LogP contribution in [0.25, 0.3) is 0 Å². The van der Waals surface area contributed by atoms with Crippen LogP contribution >= 0.6 is 27.5 Å². The Morgan fingerprint density at radius 3 is 2.79 bits per heavy atom. The highest BCUT2D eigenvalue weighted by Gasteiger charge is 2.06. The number of rotatable bonds is 4. The summed E-state index contributed by atoms with van der Waals surface area (Å²) in [4.78, 5) is 4.08. The molecule has 0 unspecified atom stereocenters. The monoisotopic (exact) mass is 338 g/mol. The van der Waals surface area contributed by atoms with Gasteiger partial charge in [-0.05, 0) is 34.1 Å². The fourth-order valence-corrected chi connectivity index (χ4v) is 1.75. The molecular formula is C13H8BrClN2O2. The molecule has 1 aromatic heterocycles. The Balaban J connectivity index is 2.13. The molecule has 0 spiro atoms. The van der Waals surface area contributed by atoms with Gasteiger partial charge in [0.15, 0.2) is 6.61 Å². The van der Waals surface area contributed by atoms with E-state index in [1.54, 1.807) is 30.5 Å². The van der Waals surface area contributed by atoms with Crippen molar-refractivity contribution in [1.82, 2.24) is 4.98 Å². The highest BCUT2D eigenvalue weighted by molar-refractivity contribution is 9.10. The number of hydrogen-bond acceptors (Lipinski definition) is 4. The average molecular weight is 340 g/mol. The van der Waals surface area contributed by atoms with Gasteiger partial charge in [-0.1, -0.05) is 11.6 Å². The van der Waals surface area contributed by atoms with Crippen molar-refractivity contribution in [2.24, 2.45) is 0 Å². The molecule has 0 bridgehead atoms. The normalized spacial score (nSPS) is 9.74. The van der Waals surface area contributed by atoms with Crippen LogP contribution < -0.4 is 9.47 Å². The van der Waals surface area contributed by atoms with Crippen LogP contribution in [0.1, 0.15) is 0 Å². The van der Waals surface area contributed by atoms with Crippen LogP contribution in [0.3, 0.4) is 0 Å². The second-order valence-corrected chi connectivity index (χ2v) is 4.78. The second-order valence-electron chi connectivity index (χ2n) is 3.46. The van der Waals surface area contributed by atoms with Gasteiger partial charge < -0.3 is 9.47 Å². The van der Waals surface area contributed by atoms with E-state index in [2.05, 4.69) is 20.9 Å². The summed E-state index contributed by atoms with van der Waals surface area (Å²) >= 11 is 9.36. The summed E-state index contributed by atoms with van der Waals surface area (Å²) in [5, 5.41) is 8.81. The van der Waals surface area contributed by atoms with Crippen molar-refractivity contribution in [2.45, 2.75) is 0 Å². The maximum Gasteiger partial charge on any atom is 0.219 e. The van der Waals surface area contributed by atoms with Gasteiger partial charge in [0.2, 0.25) is 5.88 Å². The SMILES string of the molecule is N#CCOc1ccc(Oc2ccc(Br)cn2)c(Cl)c1. The van der Waals surface area contributed by atoms with Crippen molar-refractivity contribution < 1.29 is 9.47 Å². The number of nitriles is 1. The van der Waals surface area contributed by atoms with Crippen molar-refractivity contribution in [3.8, 4) is 23.4 Å². The summed E-state index contributed by atoms with van der Waals surface area (Å²) in [6, 6.07) is 10.4. The number of ether oxygens (including phenoxy) is 2. The average Bonchev–Trinajstić information content (AvgIpc) is 2.41. The zero-order valence-corrected chi connectivity index (χ0v) is 12.0. The predicted octanol–water partition coefficient (Wildman–Crippen LogP) is 4.19. The Bertz CT molecular complexity index is 611. The largest absolute Gasteiger partial charge is 0.479 e. The number of nitrogens with zero attached hydrogens (tertiary/aromatic N) is 2. The Labute approximate surface area is 123 Å². The minimum atomic E-state index is -0.0230. The maximum atomic E-state index is 8.42.